The number of amides is 1. The second kappa shape index (κ2) is 10.9. The van der Waals surface area contributed by atoms with Gasteiger partial charge in [0.25, 0.3) is 0 Å². The average molecular weight is 527 g/mol. The van der Waals surface area contributed by atoms with Crippen LogP contribution < -0.4 is 0 Å². The lowest BCUT2D eigenvalue weighted by molar-refractivity contribution is -0.284. The lowest BCUT2D eigenvalue weighted by atomic mass is 9.99. The van der Waals surface area contributed by atoms with Crippen molar-refractivity contribution in [2.24, 2.45) is 0 Å². The number of hydrogen-bond acceptors (Lipinski definition) is 8. The maximum Gasteiger partial charge on any atom is 0.417 e. The fourth-order valence-electron chi connectivity index (χ4n) is 4.91. The minimum absolute atomic E-state index is 0.0629. The Morgan fingerprint density at radius 1 is 0.919 bits per heavy atom. The molecule has 0 radical (unpaired) electrons. The van der Waals surface area contributed by atoms with E-state index in [1.807, 2.05) is 30.3 Å². The number of nitrogens with zero attached hydrogens (tertiary/aromatic N) is 2. The average Bonchev–Trinajstić information content (AvgIpc) is 3.04. The zero-order valence-electron chi connectivity index (χ0n) is 20.1. The van der Waals surface area contributed by atoms with Gasteiger partial charge in [0, 0.05) is 43.2 Å². The standard InChI is InChI=1S/C27H27ClN2O7/c28-21-9-5-4-8-20(21)18-23-27(36-24(31)10-11-25(32)37-27)30(26(33)35-23)22(19-6-2-1-3-7-19)12-13-29-14-16-34-17-15-29/h1-11,22-23H,12-18H2. The highest BCUT2D eigenvalue weighted by molar-refractivity contribution is 6.31. The minimum Gasteiger partial charge on any atom is -0.435 e. The Bertz CT molecular complexity index is 1160. The number of carbonyl (C=O) groups is 3. The zero-order valence-corrected chi connectivity index (χ0v) is 20.8. The fourth-order valence-corrected chi connectivity index (χ4v) is 5.12. The Morgan fingerprint density at radius 2 is 1.57 bits per heavy atom. The van der Waals surface area contributed by atoms with Gasteiger partial charge in [0.2, 0.25) is 6.10 Å². The van der Waals surface area contributed by atoms with E-state index in [-0.39, 0.29) is 6.42 Å². The van der Waals surface area contributed by atoms with E-state index < -0.39 is 36.1 Å². The van der Waals surface area contributed by atoms with E-state index in [1.165, 1.54) is 4.90 Å². The quantitative estimate of drug-likeness (QED) is 0.506. The zero-order chi connectivity index (χ0) is 25.8. The summed E-state index contributed by atoms with van der Waals surface area (Å²) in [6, 6.07) is 15.8. The van der Waals surface area contributed by atoms with Crippen LogP contribution in [-0.2, 0) is 35.0 Å². The van der Waals surface area contributed by atoms with Gasteiger partial charge in [0.15, 0.2) is 0 Å². The van der Waals surface area contributed by atoms with Gasteiger partial charge in [-0.15, -0.1) is 0 Å². The van der Waals surface area contributed by atoms with Crippen molar-refractivity contribution < 1.29 is 33.3 Å². The number of rotatable bonds is 7. The van der Waals surface area contributed by atoms with Crippen molar-refractivity contribution in [1.29, 1.82) is 0 Å². The van der Waals surface area contributed by atoms with Crippen molar-refractivity contribution in [3.05, 3.63) is 82.9 Å². The van der Waals surface area contributed by atoms with Gasteiger partial charge in [-0.2, -0.15) is 0 Å². The predicted octanol–water partition coefficient (Wildman–Crippen LogP) is 3.48. The molecule has 0 aromatic heterocycles. The van der Waals surface area contributed by atoms with Crippen molar-refractivity contribution in [2.75, 3.05) is 32.8 Å². The Hall–Kier alpha value is -3.40. The van der Waals surface area contributed by atoms with Crippen LogP contribution in [-0.4, -0.2) is 72.7 Å². The monoisotopic (exact) mass is 526 g/mol. The summed E-state index contributed by atoms with van der Waals surface area (Å²) in [5.41, 5.74) is 1.44. The highest BCUT2D eigenvalue weighted by Gasteiger charge is 2.64. The second-order valence-corrected chi connectivity index (χ2v) is 9.42. The van der Waals surface area contributed by atoms with Crippen molar-refractivity contribution in [3.63, 3.8) is 0 Å². The molecule has 2 aromatic carbocycles. The normalized spacial score (nSPS) is 22.4. The first-order valence-corrected chi connectivity index (χ1v) is 12.6. The largest absolute Gasteiger partial charge is 0.435 e. The number of ether oxygens (including phenoxy) is 4. The molecule has 2 unspecified atom stereocenters. The molecule has 37 heavy (non-hydrogen) atoms. The van der Waals surface area contributed by atoms with E-state index in [0.717, 1.165) is 30.8 Å². The van der Waals surface area contributed by atoms with Crippen LogP contribution in [0.15, 0.2) is 66.7 Å². The van der Waals surface area contributed by atoms with E-state index in [4.69, 9.17) is 30.5 Å². The Kier molecular flexibility index (Phi) is 7.45. The highest BCUT2D eigenvalue weighted by Crippen LogP contribution is 2.44. The Balaban J connectivity index is 1.55. The number of carbonyl (C=O) groups excluding carboxylic acids is 3. The first-order valence-electron chi connectivity index (χ1n) is 12.2. The molecule has 9 nitrogen and oxygen atoms in total. The third-order valence-electron chi connectivity index (χ3n) is 6.71. The molecule has 3 heterocycles. The molecule has 5 rings (SSSR count). The molecule has 3 aliphatic heterocycles. The summed E-state index contributed by atoms with van der Waals surface area (Å²) >= 11 is 6.39. The number of benzene rings is 2. The molecule has 2 saturated heterocycles. The number of halogens is 1. The van der Waals surface area contributed by atoms with E-state index in [1.54, 1.807) is 24.3 Å². The first-order chi connectivity index (χ1) is 18.0. The number of cyclic esters (lactones) is 1. The summed E-state index contributed by atoms with van der Waals surface area (Å²) in [7, 11) is 0. The van der Waals surface area contributed by atoms with Crippen LogP contribution in [0.4, 0.5) is 4.79 Å². The summed E-state index contributed by atoms with van der Waals surface area (Å²) in [6.45, 7) is 3.43. The summed E-state index contributed by atoms with van der Waals surface area (Å²) < 4.78 is 22.8. The van der Waals surface area contributed by atoms with Crippen molar-refractivity contribution in [3.8, 4) is 0 Å². The number of esters is 2. The van der Waals surface area contributed by atoms with Gasteiger partial charge in [-0.1, -0.05) is 60.1 Å². The lowest BCUT2D eigenvalue weighted by Crippen LogP contribution is -2.58. The molecular weight excluding hydrogens is 500 g/mol. The summed E-state index contributed by atoms with van der Waals surface area (Å²) in [5, 5.41) is 0.448. The van der Waals surface area contributed by atoms with Crippen LogP contribution >= 0.6 is 11.6 Å². The van der Waals surface area contributed by atoms with Crippen LogP contribution in [0.3, 0.4) is 0 Å². The van der Waals surface area contributed by atoms with E-state index in [2.05, 4.69) is 4.90 Å². The third-order valence-corrected chi connectivity index (χ3v) is 7.08. The van der Waals surface area contributed by atoms with Crippen LogP contribution in [0.1, 0.15) is 23.6 Å². The predicted molar refractivity (Wildman–Crippen MR) is 132 cm³/mol. The van der Waals surface area contributed by atoms with Crippen LogP contribution in [0.2, 0.25) is 5.02 Å². The summed E-state index contributed by atoms with van der Waals surface area (Å²) in [6.07, 6.45) is 0.596. The fraction of sp³-hybridized carbons (Fsp3) is 0.370. The topological polar surface area (TPSA) is 94.6 Å². The van der Waals surface area contributed by atoms with Gasteiger partial charge in [-0.3, -0.25) is 4.90 Å². The molecule has 3 aliphatic rings. The molecule has 0 saturated carbocycles. The lowest BCUT2D eigenvalue weighted by Gasteiger charge is -2.40. The second-order valence-electron chi connectivity index (χ2n) is 9.01. The molecule has 194 valence electrons. The van der Waals surface area contributed by atoms with Gasteiger partial charge in [-0.05, 0) is 23.6 Å². The summed E-state index contributed by atoms with van der Waals surface area (Å²) in [4.78, 5) is 42.4. The molecule has 0 N–H and O–H groups in total. The molecule has 0 bridgehead atoms. The van der Waals surface area contributed by atoms with Gasteiger partial charge in [0.05, 0.1) is 19.3 Å². The molecule has 2 fully saturated rings. The van der Waals surface area contributed by atoms with Gasteiger partial charge < -0.3 is 18.9 Å². The van der Waals surface area contributed by atoms with Gasteiger partial charge in [0.1, 0.15) is 0 Å². The molecule has 1 amide bonds. The van der Waals surface area contributed by atoms with Crippen molar-refractivity contribution in [1.82, 2.24) is 9.80 Å². The summed E-state index contributed by atoms with van der Waals surface area (Å²) in [5.74, 6) is -3.77. The Morgan fingerprint density at radius 3 is 2.24 bits per heavy atom. The van der Waals surface area contributed by atoms with Gasteiger partial charge in [-0.25, -0.2) is 19.3 Å². The van der Waals surface area contributed by atoms with E-state index in [9.17, 15) is 14.4 Å². The van der Waals surface area contributed by atoms with Crippen LogP contribution in [0.25, 0.3) is 0 Å². The highest BCUT2D eigenvalue weighted by atomic mass is 35.5. The van der Waals surface area contributed by atoms with Crippen molar-refractivity contribution in [2.45, 2.75) is 30.9 Å². The molecule has 2 aromatic rings. The smallest absolute Gasteiger partial charge is 0.417 e. The van der Waals surface area contributed by atoms with Crippen molar-refractivity contribution >= 4 is 29.6 Å². The van der Waals surface area contributed by atoms with Crippen LogP contribution in [0, 0.1) is 0 Å². The van der Waals surface area contributed by atoms with Gasteiger partial charge >= 0.3 is 23.9 Å². The Labute approximate surface area is 219 Å². The molecule has 0 aliphatic carbocycles. The molecule has 10 heteroatoms. The SMILES string of the molecule is O=C1C=CC(=O)OC2(O1)C(Cc1ccccc1Cl)OC(=O)N2C(CCN1CCOCC1)c1ccccc1. The van der Waals surface area contributed by atoms with Crippen LogP contribution in [0.5, 0.6) is 0 Å². The number of morpholine rings is 1. The molecule has 2 atom stereocenters. The first kappa shape index (κ1) is 25.3. The number of hydrogen-bond donors (Lipinski definition) is 0. The van der Waals surface area contributed by atoms with E-state index in [0.29, 0.717) is 36.8 Å². The maximum atomic E-state index is 13.6. The molecule has 1 spiro atoms. The molecular formula is C27H27ClN2O7. The minimum atomic E-state index is -2.13. The third kappa shape index (κ3) is 5.34. The maximum absolute atomic E-state index is 13.6. The van der Waals surface area contributed by atoms with E-state index >= 15 is 0 Å².